The van der Waals surface area contributed by atoms with Crippen LogP contribution in [0, 0.1) is 0 Å². The molecule has 0 spiro atoms. The molecule has 2 aromatic carbocycles. The Labute approximate surface area is 161 Å². The Balaban J connectivity index is 1.69. The Hall–Kier alpha value is -3.18. The molecule has 0 aliphatic heterocycles. The third kappa shape index (κ3) is 3.55. The fourth-order valence-corrected chi connectivity index (χ4v) is 3.50. The number of amides is 1. The van der Waals surface area contributed by atoms with Crippen molar-refractivity contribution in [2.75, 3.05) is 6.54 Å². The van der Waals surface area contributed by atoms with Crippen molar-refractivity contribution in [3.63, 3.8) is 0 Å². The van der Waals surface area contributed by atoms with E-state index in [2.05, 4.69) is 26.3 Å². The molecular formula is C21H17ClN4O. The molecule has 1 atom stereocenters. The molecule has 5 nitrogen and oxygen atoms in total. The van der Waals surface area contributed by atoms with Crippen LogP contribution in [0.2, 0.25) is 5.02 Å². The minimum atomic E-state index is -0.264. The number of hydrogen-bond acceptors (Lipinski definition) is 3. The summed E-state index contributed by atoms with van der Waals surface area (Å²) in [4.78, 5) is 23.7. The number of carbonyl (C=O) groups is 1. The van der Waals surface area contributed by atoms with Gasteiger partial charge in [-0.1, -0.05) is 48.0 Å². The van der Waals surface area contributed by atoms with E-state index in [0.29, 0.717) is 11.6 Å². The van der Waals surface area contributed by atoms with Gasteiger partial charge >= 0.3 is 0 Å². The van der Waals surface area contributed by atoms with Crippen LogP contribution < -0.4 is 5.32 Å². The third-order valence-electron chi connectivity index (χ3n) is 4.54. The topological polar surface area (TPSA) is 70.7 Å². The summed E-state index contributed by atoms with van der Waals surface area (Å²) in [5, 5.41) is 4.74. The van der Waals surface area contributed by atoms with Crippen molar-refractivity contribution in [2.45, 2.75) is 5.92 Å². The molecule has 0 aliphatic carbocycles. The van der Waals surface area contributed by atoms with Gasteiger partial charge in [0.15, 0.2) is 0 Å². The maximum atomic E-state index is 12.4. The van der Waals surface area contributed by atoms with Crippen molar-refractivity contribution in [3.8, 4) is 0 Å². The van der Waals surface area contributed by atoms with E-state index >= 15 is 0 Å². The van der Waals surface area contributed by atoms with E-state index in [4.69, 9.17) is 11.6 Å². The van der Waals surface area contributed by atoms with Gasteiger partial charge in [-0.05, 0) is 23.3 Å². The lowest BCUT2D eigenvalue weighted by Gasteiger charge is -2.19. The van der Waals surface area contributed by atoms with Crippen LogP contribution in [0.15, 0.2) is 73.3 Å². The molecule has 1 unspecified atom stereocenters. The lowest BCUT2D eigenvalue weighted by Crippen LogP contribution is -2.29. The monoisotopic (exact) mass is 376 g/mol. The Kier molecular flexibility index (Phi) is 4.85. The number of para-hydroxylation sites is 1. The van der Waals surface area contributed by atoms with Crippen LogP contribution in [-0.2, 0) is 0 Å². The van der Waals surface area contributed by atoms with E-state index in [1.54, 1.807) is 0 Å². The highest BCUT2D eigenvalue weighted by Gasteiger charge is 2.21. The number of carbonyl (C=O) groups excluding carboxylic acids is 1. The molecule has 27 heavy (non-hydrogen) atoms. The largest absolute Gasteiger partial charge is 0.361 e. The second-order valence-electron chi connectivity index (χ2n) is 6.16. The first-order valence-electron chi connectivity index (χ1n) is 8.58. The van der Waals surface area contributed by atoms with Crippen LogP contribution in [-0.4, -0.2) is 27.4 Å². The average Bonchev–Trinajstić information content (AvgIpc) is 3.14. The predicted octanol–water partition coefficient (Wildman–Crippen LogP) is 4.17. The molecule has 0 fully saturated rings. The molecule has 0 saturated heterocycles. The Bertz CT molecular complexity index is 1080. The first kappa shape index (κ1) is 17.2. The summed E-state index contributed by atoms with van der Waals surface area (Å²) in [6, 6.07) is 15.8. The quantitative estimate of drug-likeness (QED) is 0.549. The molecule has 0 saturated carbocycles. The summed E-state index contributed by atoms with van der Waals surface area (Å²) in [7, 11) is 0. The molecule has 0 radical (unpaired) electrons. The molecule has 2 heterocycles. The highest BCUT2D eigenvalue weighted by atomic mass is 35.5. The van der Waals surface area contributed by atoms with Crippen LogP contribution in [0.3, 0.4) is 0 Å². The minimum absolute atomic E-state index is 0.101. The molecule has 6 heteroatoms. The van der Waals surface area contributed by atoms with Gasteiger partial charge in [-0.3, -0.25) is 9.78 Å². The number of nitrogens with one attached hydrogen (secondary N) is 2. The van der Waals surface area contributed by atoms with Crippen LogP contribution in [0.25, 0.3) is 10.9 Å². The number of aromatic nitrogens is 3. The molecular weight excluding hydrogens is 360 g/mol. The van der Waals surface area contributed by atoms with E-state index in [1.165, 1.54) is 18.6 Å². The van der Waals surface area contributed by atoms with Gasteiger partial charge in [0.25, 0.3) is 5.91 Å². The number of halogens is 1. The van der Waals surface area contributed by atoms with Crippen LogP contribution in [0.5, 0.6) is 0 Å². The normalized spacial score (nSPS) is 12.0. The van der Waals surface area contributed by atoms with Gasteiger partial charge in [0.05, 0.1) is 6.20 Å². The zero-order valence-corrected chi connectivity index (χ0v) is 15.1. The number of rotatable bonds is 5. The third-order valence-corrected chi connectivity index (χ3v) is 4.88. The molecule has 0 aliphatic rings. The van der Waals surface area contributed by atoms with Crippen molar-refractivity contribution in [3.05, 3.63) is 95.2 Å². The highest BCUT2D eigenvalue weighted by molar-refractivity contribution is 6.31. The molecule has 4 rings (SSSR count). The number of H-pyrrole nitrogens is 1. The van der Waals surface area contributed by atoms with E-state index < -0.39 is 0 Å². The van der Waals surface area contributed by atoms with Crippen molar-refractivity contribution in [2.24, 2.45) is 0 Å². The fourth-order valence-electron chi connectivity index (χ4n) is 3.23. The fraction of sp³-hybridized carbons (Fsp3) is 0.0952. The zero-order valence-electron chi connectivity index (χ0n) is 14.4. The van der Waals surface area contributed by atoms with E-state index in [-0.39, 0.29) is 17.5 Å². The van der Waals surface area contributed by atoms with Crippen LogP contribution >= 0.6 is 11.6 Å². The Morgan fingerprint density at radius 1 is 1.07 bits per heavy atom. The van der Waals surface area contributed by atoms with Crippen LogP contribution in [0.1, 0.15) is 27.5 Å². The number of aromatic amines is 1. The minimum Gasteiger partial charge on any atom is -0.361 e. The summed E-state index contributed by atoms with van der Waals surface area (Å²) < 4.78 is 0. The van der Waals surface area contributed by atoms with Crippen molar-refractivity contribution >= 4 is 28.4 Å². The number of nitrogens with zero attached hydrogens (tertiary/aromatic N) is 2. The first-order valence-corrected chi connectivity index (χ1v) is 8.96. The molecule has 0 bridgehead atoms. The van der Waals surface area contributed by atoms with Crippen LogP contribution in [0.4, 0.5) is 0 Å². The lowest BCUT2D eigenvalue weighted by atomic mass is 9.90. The van der Waals surface area contributed by atoms with E-state index in [9.17, 15) is 4.79 Å². The van der Waals surface area contributed by atoms with E-state index in [0.717, 1.165) is 22.0 Å². The first-order chi connectivity index (χ1) is 13.2. The van der Waals surface area contributed by atoms with Crippen molar-refractivity contribution in [1.82, 2.24) is 20.3 Å². The standard InChI is InChI=1S/C21H17ClN4O/c22-18-7-3-1-5-14(18)16(12-26-21(27)20-13-23-9-10-24-20)17-11-25-19-8-4-2-6-15(17)19/h1-11,13,16,25H,12H2,(H,26,27). The van der Waals surface area contributed by atoms with Gasteiger partial charge in [0.1, 0.15) is 5.69 Å². The number of benzene rings is 2. The summed E-state index contributed by atoms with van der Waals surface area (Å²) in [5.74, 6) is -0.365. The lowest BCUT2D eigenvalue weighted by molar-refractivity contribution is 0.0947. The second-order valence-corrected chi connectivity index (χ2v) is 6.57. The molecule has 2 N–H and O–H groups in total. The maximum Gasteiger partial charge on any atom is 0.271 e. The molecule has 4 aromatic rings. The van der Waals surface area contributed by atoms with Gasteiger partial charge in [-0.25, -0.2) is 4.98 Å². The van der Waals surface area contributed by atoms with E-state index in [1.807, 2.05) is 48.7 Å². The smallest absolute Gasteiger partial charge is 0.271 e. The van der Waals surface area contributed by atoms with Gasteiger partial charge < -0.3 is 10.3 Å². The molecule has 2 aromatic heterocycles. The summed E-state index contributed by atoms with van der Waals surface area (Å²) >= 11 is 6.47. The molecule has 1 amide bonds. The van der Waals surface area contributed by atoms with Gasteiger partial charge in [0.2, 0.25) is 0 Å². The number of fused-ring (bicyclic) bond motifs is 1. The summed E-state index contributed by atoms with van der Waals surface area (Å²) in [5.41, 5.74) is 3.38. The second kappa shape index (κ2) is 7.60. The SMILES string of the molecule is O=C(NCC(c1ccccc1Cl)c1c[nH]c2ccccc12)c1cnccn1. The van der Waals surface area contributed by atoms with Gasteiger partial charge in [-0.15, -0.1) is 0 Å². The van der Waals surface area contributed by atoms with Gasteiger partial charge in [-0.2, -0.15) is 0 Å². The zero-order chi connectivity index (χ0) is 18.6. The Morgan fingerprint density at radius 3 is 2.70 bits per heavy atom. The molecule has 134 valence electrons. The summed E-state index contributed by atoms with van der Waals surface area (Å²) in [6.07, 6.45) is 6.47. The highest BCUT2D eigenvalue weighted by Crippen LogP contribution is 2.34. The Morgan fingerprint density at radius 2 is 1.89 bits per heavy atom. The summed E-state index contributed by atoms with van der Waals surface area (Å²) in [6.45, 7) is 0.390. The maximum absolute atomic E-state index is 12.4. The van der Waals surface area contributed by atoms with Crippen molar-refractivity contribution < 1.29 is 4.79 Å². The average molecular weight is 377 g/mol. The van der Waals surface area contributed by atoms with Crippen molar-refractivity contribution in [1.29, 1.82) is 0 Å². The predicted molar refractivity (Wildman–Crippen MR) is 106 cm³/mol. The number of hydrogen-bond donors (Lipinski definition) is 2. The van der Waals surface area contributed by atoms with Gasteiger partial charge in [0, 0.05) is 47.0 Å².